The van der Waals surface area contributed by atoms with E-state index >= 15 is 0 Å². The van der Waals surface area contributed by atoms with Gasteiger partial charge in [-0.2, -0.15) is 0 Å². The lowest BCUT2D eigenvalue weighted by Gasteiger charge is -2.19. The van der Waals surface area contributed by atoms with Crippen LogP contribution < -0.4 is 5.32 Å². The van der Waals surface area contributed by atoms with Gasteiger partial charge in [-0.25, -0.2) is 4.98 Å². The van der Waals surface area contributed by atoms with E-state index in [0.29, 0.717) is 5.15 Å². The fourth-order valence-corrected chi connectivity index (χ4v) is 2.40. The molecule has 2 rings (SSSR count). The zero-order chi connectivity index (χ0) is 13.8. The number of nitrogens with one attached hydrogen (secondary N) is 1. The SMILES string of the molecule is CCC(Nc1cnc(Cl)c(Br)c1)c1ccc(Cl)cc1. The van der Waals surface area contributed by atoms with Gasteiger partial charge in [-0.3, -0.25) is 0 Å². The Kier molecular flexibility index (Phi) is 5.08. The average Bonchev–Trinajstić information content (AvgIpc) is 2.41. The lowest BCUT2D eigenvalue weighted by Crippen LogP contribution is -2.09. The Morgan fingerprint density at radius 3 is 2.53 bits per heavy atom. The minimum absolute atomic E-state index is 0.215. The summed E-state index contributed by atoms with van der Waals surface area (Å²) in [6.45, 7) is 2.13. The van der Waals surface area contributed by atoms with E-state index in [4.69, 9.17) is 23.2 Å². The first-order valence-electron chi connectivity index (χ1n) is 5.93. The van der Waals surface area contributed by atoms with Crippen molar-refractivity contribution in [3.05, 3.63) is 56.7 Å². The third kappa shape index (κ3) is 3.85. The van der Waals surface area contributed by atoms with Crippen LogP contribution in [0.25, 0.3) is 0 Å². The molecular weight excluding hydrogens is 347 g/mol. The van der Waals surface area contributed by atoms with Gasteiger partial charge < -0.3 is 5.32 Å². The molecule has 0 radical (unpaired) electrons. The van der Waals surface area contributed by atoms with Crippen LogP contribution >= 0.6 is 39.1 Å². The fourth-order valence-electron chi connectivity index (χ4n) is 1.82. The van der Waals surface area contributed by atoms with Crippen LogP contribution in [0.2, 0.25) is 10.2 Å². The van der Waals surface area contributed by atoms with Crippen molar-refractivity contribution in [3.8, 4) is 0 Å². The molecule has 0 aliphatic carbocycles. The van der Waals surface area contributed by atoms with Gasteiger partial charge >= 0.3 is 0 Å². The standard InChI is InChI=1S/C14H13BrCl2N2/c1-2-13(9-3-5-10(16)6-4-9)19-11-7-12(15)14(17)18-8-11/h3-8,13,19H,2H2,1H3. The molecule has 2 nitrogen and oxygen atoms in total. The fraction of sp³-hybridized carbons (Fsp3) is 0.214. The molecule has 0 spiro atoms. The molecule has 1 unspecified atom stereocenters. The van der Waals surface area contributed by atoms with Crippen LogP contribution in [-0.2, 0) is 0 Å². The van der Waals surface area contributed by atoms with E-state index in [9.17, 15) is 0 Å². The average molecular weight is 360 g/mol. The zero-order valence-electron chi connectivity index (χ0n) is 10.3. The largest absolute Gasteiger partial charge is 0.377 e. The summed E-state index contributed by atoms with van der Waals surface area (Å²) >= 11 is 15.2. The van der Waals surface area contributed by atoms with Gasteiger partial charge in [0.25, 0.3) is 0 Å². The van der Waals surface area contributed by atoms with Crippen molar-refractivity contribution >= 4 is 44.8 Å². The Morgan fingerprint density at radius 2 is 1.95 bits per heavy atom. The van der Waals surface area contributed by atoms with E-state index in [1.165, 1.54) is 5.56 Å². The molecule has 1 atom stereocenters. The maximum Gasteiger partial charge on any atom is 0.143 e. The van der Waals surface area contributed by atoms with Crippen molar-refractivity contribution in [2.45, 2.75) is 19.4 Å². The predicted molar refractivity (Wildman–Crippen MR) is 85.1 cm³/mol. The van der Waals surface area contributed by atoms with E-state index < -0.39 is 0 Å². The van der Waals surface area contributed by atoms with Gasteiger partial charge in [0.05, 0.1) is 22.4 Å². The first-order chi connectivity index (χ1) is 9.10. The van der Waals surface area contributed by atoms with Gasteiger partial charge in [0.1, 0.15) is 5.15 Å². The van der Waals surface area contributed by atoms with Crippen LogP contribution in [0.5, 0.6) is 0 Å². The molecule has 2 aromatic rings. The molecule has 0 bridgehead atoms. The van der Waals surface area contributed by atoms with E-state index in [-0.39, 0.29) is 6.04 Å². The summed E-state index contributed by atoms with van der Waals surface area (Å²) in [6, 6.07) is 10.00. The van der Waals surface area contributed by atoms with Crippen LogP contribution in [-0.4, -0.2) is 4.98 Å². The first-order valence-corrected chi connectivity index (χ1v) is 7.48. The van der Waals surface area contributed by atoms with Gasteiger partial charge in [-0.05, 0) is 46.1 Å². The molecule has 100 valence electrons. The van der Waals surface area contributed by atoms with E-state index in [0.717, 1.165) is 21.6 Å². The maximum absolute atomic E-state index is 5.91. The highest BCUT2D eigenvalue weighted by Crippen LogP contribution is 2.27. The molecule has 19 heavy (non-hydrogen) atoms. The highest BCUT2D eigenvalue weighted by molar-refractivity contribution is 9.10. The Labute approximate surface area is 131 Å². The molecule has 1 N–H and O–H groups in total. The van der Waals surface area contributed by atoms with Crippen LogP contribution in [0.4, 0.5) is 5.69 Å². The molecule has 1 aromatic carbocycles. The van der Waals surface area contributed by atoms with Gasteiger partial charge in [-0.15, -0.1) is 0 Å². The second-order valence-corrected chi connectivity index (χ2v) is 5.80. The molecular formula is C14H13BrCl2N2. The summed E-state index contributed by atoms with van der Waals surface area (Å²) in [5.41, 5.74) is 2.12. The van der Waals surface area contributed by atoms with Crippen LogP contribution in [0, 0.1) is 0 Å². The summed E-state index contributed by atoms with van der Waals surface area (Å²) in [5, 5.41) is 4.65. The third-order valence-corrected chi connectivity index (χ3v) is 4.20. The number of nitrogens with zero attached hydrogens (tertiary/aromatic N) is 1. The zero-order valence-corrected chi connectivity index (χ0v) is 13.4. The Morgan fingerprint density at radius 1 is 1.26 bits per heavy atom. The predicted octanol–water partition coefficient (Wildman–Crippen LogP) is 5.71. The van der Waals surface area contributed by atoms with E-state index in [1.807, 2.05) is 30.3 Å². The van der Waals surface area contributed by atoms with E-state index in [1.54, 1.807) is 6.20 Å². The molecule has 0 aliphatic rings. The number of anilines is 1. The van der Waals surface area contributed by atoms with Crippen molar-refractivity contribution < 1.29 is 0 Å². The van der Waals surface area contributed by atoms with Gasteiger partial charge in [0.15, 0.2) is 0 Å². The molecule has 0 fully saturated rings. The molecule has 0 amide bonds. The van der Waals surface area contributed by atoms with Crippen molar-refractivity contribution in [1.29, 1.82) is 0 Å². The first kappa shape index (κ1) is 14.6. The molecule has 0 saturated carbocycles. The molecule has 0 aliphatic heterocycles. The Bertz CT molecular complexity index is 558. The number of rotatable bonds is 4. The van der Waals surface area contributed by atoms with Gasteiger partial charge in [-0.1, -0.05) is 42.3 Å². The Balaban J connectivity index is 2.18. The van der Waals surface area contributed by atoms with Crippen LogP contribution in [0.1, 0.15) is 24.9 Å². The highest BCUT2D eigenvalue weighted by atomic mass is 79.9. The van der Waals surface area contributed by atoms with Crippen LogP contribution in [0.15, 0.2) is 41.0 Å². The van der Waals surface area contributed by atoms with Crippen molar-refractivity contribution in [2.24, 2.45) is 0 Å². The normalized spacial score (nSPS) is 12.2. The number of halogens is 3. The smallest absolute Gasteiger partial charge is 0.143 e. The lowest BCUT2D eigenvalue weighted by molar-refractivity contribution is 0.748. The number of benzene rings is 1. The summed E-state index contributed by atoms with van der Waals surface area (Å²) in [7, 11) is 0. The molecule has 1 heterocycles. The summed E-state index contributed by atoms with van der Waals surface area (Å²) < 4.78 is 0.783. The second-order valence-electron chi connectivity index (χ2n) is 4.15. The molecule has 1 aromatic heterocycles. The summed E-state index contributed by atoms with van der Waals surface area (Å²) in [5.74, 6) is 0. The molecule has 0 saturated heterocycles. The van der Waals surface area contributed by atoms with Gasteiger partial charge in [0.2, 0.25) is 0 Å². The van der Waals surface area contributed by atoms with E-state index in [2.05, 4.69) is 33.2 Å². The monoisotopic (exact) mass is 358 g/mol. The number of hydrogen-bond donors (Lipinski definition) is 1. The van der Waals surface area contributed by atoms with Crippen LogP contribution in [0.3, 0.4) is 0 Å². The van der Waals surface area contributed by atoms with Crippen molar-refractivity contribution in [3.63, 3.8) is 0 Å². The van der Waals surface area contributed by atoms with Gasteiger partial charge in [0, 0.05) is 5.02 Å². The summed E-state index contributed by atoms with van der Waals surface area (Å²) in [4.78, 5) is 4.11. The minimum atomic E-state index is 0.215. The number of pyridine rings is 1. The highest BCUT2D eigenvalue weighted by Gasteiger charge is 2.10. The van der Waals surface area contributed by atoms with Crippen molar-refractivity contribution in [2.75, 3.05) is 5.32 Å². The maximum atomic E-state index is 5.91. The Hall–Kier alpha value is -0.770. The minimum Gasteiger partial charge on any atom is -0.377 e. The third-order valence-electron chi connectivity index (χ3n) is 2.82. The summed E-state index contributed by atoms with van der Waals surface area (Å²) in [6.07, 6.45) is 2.69. The van der Waals surface area contributed by atoms with Crippen molar-refractivity contribution in [1.82, 2.24) is 4.98 Å². The molecule has 5 heteroatoms. The quantitative estimate of drug-likeness (QED) is 0.706. The second kappa shape index (κ2) is 6.60. The topological polar surface area (TPSA) is 24.9 Å². The number of hydrogen-bond acceptors (Lipinski definition) is 2. The lowest BCUT2D eigenvalue weighted by atomic mass is 10.0. The number of aromatic nitrogens is 1.